The van der Waals surface area contributed by atoms with Crippen LogP contribution in [0.3, 0.4) is 0 Å². The zero-order chi connectivity index (χ0) is 12.4. The Hall–Kier alpha value is -0.260. The van der Waals surface area contributed by atoms with Gasteiger partial charge in [0.1, 0.15) is 5.25 Å². The molecule has 0 spiro atoms. The van der Waals surface area contributed by atoms with E-state index in [1.165, 1.54) is 11.8 Å². The maximum Gasteiger partial charge on any atom is 0.316 e. The van der Waals surface area contributed by atoms with Crippen LogP contribution < -0.4 is 0 Å². The molecule has 0 aliphatic heterocycles. The molecule has 1 atom stereocenters. The van der Waals surface area contributed by atoms with Gasteiger partial charge in [-0.3, -0.25) is 4.79 Å². The van der Waals surface area contributed by atoms with Gasteiger partial charge >= 0.3 is 5.97 Å². The summed E-state index contributed by atoms with van der Waals surface area (Å²) in [6, 6.07) is 0. The molecule has 0 aliphatic rings. The molecular formula is C11H22O4S. The van der Waals surface area contributed by atoms with E-state index in [4.69, 9.17) is 14.6 Å². The number of carboxylic acid groups (broad SMARTS) is 1. The summed E-state index contributed by atoms with van der Waals surface area (Å²) >= 11 is 1.45. The second-order valence-electron chi connectivity index (χ2n) is 3.23. The largest absolute Gasteiger partial charge is 0.480 e. The highest BCUT2D eigenvalue weighted by molar-refractivity contribution is 8.00. The van der Waals surface area contributed by atoms with E-state index >= 15 is 0 Å². The Labute approximate surface area is 102 Å². The van der Waals surface area contributed by atoms with Crippen LogP contribution in [0.4, 0.5) is 0 Å². The molecule has 0 amide bonds. The maximum atomic E-state index is 10.8. The summed E-state index contributed by atoms with van der Waals surface area (Å²) in [5.74, 6) is 0.00650. The van der Waals surface area contributed by atoms with E-state index in [0.717, 1.165) is 12.2 Å². The fourth-order valence-corrected chi connectivity index (χ4v) is 2.25. The summed E-state index contributed by atoms with van der Waals surface area (Å²) in [5.41, 5.74) is 0. The average Bonchev–Trinajstić information content (AvgIpc) is 2.24. The minimum atomic E-state index is -0.739. The zero-order valence-electron chi connectivity index (χ0n) is 10.3. The predicted molar refractivity (Wildman–Crippen MR) is 65.8 cm³/mol. The van der Waals surface area contributed by atoms with Crippen LogP contribution >= 0.6 is 11.8 Å². The summed E-state index contributed by atoms with van der Waals surface area (Å²) in [6.07, 6.45) is 1.18. The molecule has 4 nitrogen and oxygen atoms in total. The average molecular weight is 250 g/mol. The molecule has 1 N–H and O–H groups in total. The van der Waals surface area contributed by atoms with E-state index in [0.29, 0.717) is 19.6 Å². The van der Waals surface area contributed by atoms with Gasteiger partial charge in [-0.25, -0.2) is 0 Å². The van der Waals surface area contributed by atoms with Gasteiger partial charge in [0, 0.05) is 19.6 Å². The summed E-state index contributed by atoms with van der Waals surface area (Å²) < 4.78 is 10.8. The SMILES string of the molecule is CCOC(CCSC(CC)C(=O)O)OCC. The smallest absolute Gasteiger partial charge is 0.316 e. The van der Waals surface area contributed by atoms with Gasteiger partial charge in [0.05, 0.1) is 0 Å². The highest BCUT2D eigenvalue weighted by Gasteiger charge is 2.16. The molecule has 5 heteroatoms. The summed E-state index contributed by atoms with van der Waals surface area (Å²) in [6.45, 7) is 6.96. The highest BCUT2D eigenvalue weighted by atomic mass is 32.2. The molecule has 0 aromatic rings. The first kappa shape index (κ1) is 15.7. The molecule has 16 heavy (non-hydrogen) atoms. The van der Waals surface area contributed by atoms with Gasteiger partial charge in [0.2, 0.25) is 0 Å². The van der Waals surface area contributed by atoms with Gasteiger partial charge in [-0.2, -0.15) is 0 Å². The Balaban J connectivity index is 3.78. The molecule has 0 aliphatic carbocycles. The Morgan fingerprint density at radius 2 is 1.81 bits per heavy atom. The topological polar surface area (TPSA) is 55.8 Å². The fraction of sp³-hybridized carbons (Fsp3) is 0.909. The van der Waals surface area contributed by atoms with E-state index < -0.39 is 5.97 Å². The lowest BCUT2D eigenvalue weighted by Gasteiger charge is -2.17. The molecule has 96 valence electrons. The van der Waals surface area contributed by atoms with Crippen LogP contribution in [0.2, 0.25) is 0 Å². The molecule has 1 unspecified atom stereocenters. The molecular weight excluding hydrogens is 228 g/mol. The number of carbonyl (C=O) groups is 1. The van der Waals surface area contributed by atoms with Crippen molar-refractivity contribution in [2.75, 3.05) is 19.0 Å². The zero-order valence-corrected chi connectivity index (χ0v) is 11.1. The van der Waals surface area contributed by atoms with Crippen molar-refractivity contribution in [1.29, 1.82) is 0 Å². The Morgan fingerprint density at radius 1 is 1.25 bits per heavy atom. The van der Waals surface area contributed by atoms with Crippen molar-refractivity contribution in [2.24, 2.45) is 0 Å². The van der Waals surface area contributed by atoms with Crippen LogP contribution in [0.1, 0.15) is 33.6 Å². The number of hydrogen-bond acceptors (Lipinski definition) is 4. The second kappa shape index (κ2) is 9.93. The third kappa shape index (κ3) is 7.09. The van der Waals surface area contributed by atoms with Crippen molar-refractivity contribution in [3.63, 3.8) is 0 Å². The van der Waals surface area contributed by atoms with Crippen LogP contribution in [-0.4, -0.2) is 41.6 Å². The van der Waals surface area contributed by atoms with Gasteiger partial charge in [-0.1, -0.05) is 6.92 Å². The molecule has 0 bridgehead atoms. The number of rotatable bonds is 10. The van der Waals surface area contributed by atoms with Crippen LogP contribution in [0, 0.1) is 0 Å². The number of aliphatic carboxylic acids is 1. The van der Waals surface area contributed by atoms with Gasteiger partial charge in [0.25, 0.3) is 0 Å². The standard InChI is InChI=1S/C11H22O4S/c1-4-9(11(12)13)16-8-7-10(14-5-2)15-6-3/h9-10H,4-8H2,1-3H3,(H,12,13). The Kier molecular flexibility index (Phi) is 9.77. The van der Waals surface area contributed by atoms with Crippen LogP contribution in [-0.2, 0) is 14.3 Å². The Morgan fingerprint density at radius 3 is 2.19 bits per heavy atom. The summed E-state index contributed by atoms with van der Waals surface area (Å²) in [5, 5.41) is 8.55. The van der Waals surface area contributed by atoms with Crippen LogP contribution in [0.15, 0.2) is 0 Å². The molecule has 0 radical (unpaired) electrons. The number of hydrogen-bond donors (Lipinski definition) is 1. The minimum Gasteiger partial charge on any atom is -0.480 e. The van der Waals surface area contributed by atoms with Crippen molar-refractivity contribution in [2.45, 2.75) is 45.2 Å². The summed E-state index contributed by atoms with van der Waals surface area (Å²) in [4.78, 5) is 10.8. The molecule has 0 aromatic heterocycles. The first-order valence-corrected chi connectivity index (χ1v) is 6.78. The number of carboxylic acids is 1. The highest BCUT2D eigenvalue weighted by Crippen LogP contribution is 2.17. The van der Waals surface area contributed by atoms with Crippen LogP contribution in [0.5, 0.6) is 0 Å². The molecule has 0 heterocycles. The predicted octanol–water partition coefficient (Wildman–Crippen LogP) is 2.37. The van der Waals surface area contributed by atoms with Crippen molar-refractivity contribution >= 4 is 17.7 Å². The van der Waals surface area contributed by atoms with Crippen molar-refractivity contribution in [3.05, 3.63) is 0 Å². The quantitative estimate of drug-likeness (QED) is 0.603. The Bertz CT molecular complexity index is 181. The van der Waals surface area contributed by atoms with Crippen molar-refractivity contribution < 1.29 is 19.4 Å². The van der Waals surface area contributed by atoms with E-state index in [2.05, 4.69) is 0 Å². The third-order valence-electron chi connectivity index (χ3n) is 2.02. The molecule has 0 saturated carbocycles. The minimum absolute atomic E-state index is 0.200. The van der Waals surface area contributed by atoms with E-state index in [9.17, 15) is 4.79 Å². The van der Waals surface area contributed by atoms with Crippen molar-refractivity contribution in [3.8, 4) is 0 Å². The monoisotopic (exact) mass is 250 g/mol. The van der Waals surface area contributed by atoms with Crippen molar-refractivity contribution in [1.82, 2.24) is 0 Å². The lowest BCUT2D eigenvalue weighted by molar-refractivity contribution is -0.137. The first-order valence-electron chi connectivity index (χ1n) is 5.73. The fourth-order valence-electron chi connectivity index (χ4n) is 1.26. The van der Waals surface area contributed by atoms with Gasteiger partial charge in [0.15, 0.2) is 6.29 Å². The maximum absolute atomic E-state index is 10.8. The molecule has 0 saturated heterocycles. The van der Waals surface area contributed by atoms with E-state index in [-0.39, 0.29) is 11.5 Å². The van der Waals surface area contributed by atoms with E-state index in [1.54, 1.807) is 0 Å². The normalized spacial score (nSPS) is 13.0. The van der Waals surface area contributed by atoms with Crippen LogP contribution in [0.25, 0.3) is 0 Å². The van der Waals surface area contributed by atoms with Gasteiger partial charge in [-0.15, -0.1) is 11.8 Å². The van der Waals surface area contributed by atoms with E-state index in [1.807, 2.05) is 20.8 Å². The molecule has 0 rings (SSSR count). The number of ether oxygens (including phenoxy) is 2. The van der Waals surface area contributed by atoms with Gasteiger partial charge < -0.3 is 14.6 Å². The van der Waals surface area contributed by atoms with Gasteiger partial charge in [-0.05, 0) is 26.0 Å². The lowest BCUT2D eigenvalue weighted by Crippen LogP contribution is -2.20. The molecule has 0 fully saturated rings. The lowest BCUT2D eigenvalue weighted by atomic mass is 10.3. The first-order chi connectivity index (χ1) is 7.65. The molecule has 0 aromatic carbocycles. The number of thioether (sulfide) groups is 1. The third-order valence-corrected chi connectivity index (χ3v) is 3.43. The summed E-state index contributed by atoms with van der Waals surface area (Å²) in [7, 11) is 0. The second-order valence-corrected chi connectivity index (χ2v) is 4.55.